The van der Waals surface area contributed by atoms with Crippen LogP contribution >= 0.6 is 15.9 Å². The van der Waals surface area contributed by atoms with Crippen molar-refractivity contribution < 1.29 is 0 Å². The van der Waals surface area contributed by atoms with E-state index in [1.54, 1.807) is 0 Å². The summed E-state index contributed by atoms with van der Waals surface area (Å²) in [4.78, 5) is 11.1. The monoisotopic (exact) mass is 327 g/mol. The average Bonchev–Trinajstić information content (AvgIpc) is 2.47. The van der Waals surface area contributed by atoms with Crippen LogP contribution in [0, 0.1) is 0 Å². The maximum Gasteiger partial charge on any atom is 0.129 e. The van der Waals surface area contributed by atoms with Crippen molar-refractivity contribution >= 4 is 32.7 Å². The third-order valence-corrected chi connectivity index (χ3v) is 3.65. The number of fused-ring (bicyclic) bond motifs is 1. The fraction of sp³-hybridized carbons (Fsp3) is 0.125. The molecule has 0 N–H and O–H groups in total. The lowest BCUT2D eigenvalue weighted by atomic mass is 10.2. The van der Waals surface area contributed by atoms with Gasteiger partial charge in [0.1, 0.15) is 5.82 Å². The SMILES string of the molecule is CN(Cc1ccccn1)c1ccc2ccc(Br)cc2n1. The van der Waals surface area contributed by atoms with Gasteiger partial charge in [-0.25, -0.2) is 4.98 Å². The summed E-state index contributed by atoms with van der Waals surface area (Å²) in [6, 6.07) is 16.2. The molecule has 100 valence electrons. The highest BCUT2D eigenvalue weighted by molar-refractivity contribution is 9.10. The normalized spacial score (nSPS) is 10.7. The first-order chi connectivity index (χ1) is 9.72. The van der Waals surface area contributed by atoms with E-state index in [2.05, 4.69) is 37.9 Å². The van der Waals surface area contributed by atoms with E-state index in [4.69, 9.17) is 4.98 Å². The molecule has 20 heavy (non-hydrogen) atoms. The van der Waals surface area contributed by atoms with E-state index >= 15 is 0 Å². The predicted octanol–water partition coefficient (Wildman–Crippen LogP) is 4.03. The lowest BCUT2D eigenvalue weighted by Gasteiger charge is -2.18. The second-order valence-electron chi connectivity index (χ2n) is 4.68. The molecule has 3 aromatic rings. The molecule has 0 aliphatic rings. The van der Waals surface area contributed by atoms with E-state index in [1.165, 1.54) is 0 Å². The minimum absolute atomic E-state index is 0.743. The van der Waals surface area contributed by atoms with Crippen molar-refractivity contribution in [2.75, 3.05) is 11.9 Å². The van der Waals surface area contributed by atoms with Gasteiger partial charge in [0, 0.05) is 23.1 Å². The third kappa shape index (κ3) is 2.80. The van der Waals surface area contributed by atoms with E-state index in [9.17, 15) is 0 Å². The number of hydrogen-bond donors (Lipinski definition) is 0. The molecule has 0 fully saturated rings. The molecule has 0 bridgehead atoms. The first-order valence-electron chi connectivity index (χ1n) is 6.40. The first-order valence-corrected chi connectivity index (χ1v) is 7.19. The van der Waals surface area contributed by atoms with Crippen molar-refractivity contribution in [2.45, 2.75) is 6.54 Å². The smallest absolute Gasteiger partial charge is 0.129 e. The summed E-state index contributed by atoms with van der Waals surface area (Å²) in [5.74, 6) is 0.946. The van der Waals surface area contributed by atoms with Gasteiger partial charge in [-0.1, -0.05) is 28.1 Å². The molecule has 2 aromatic heterocycles. The molecular formula is C16H14BrN3. The van der Waals surface area contributed by atoms with E-state index < -0.39 is 0 Å². The van der Waals surface area contributed by atoms with Gasteiger partial charge in [0.2, 0.25) is 0 Å². The van der Waals surface area contributed by atoms with Crippen LogP contribution in [0.2, 0.25) is 0 Å². The number of rotatable bonds is 3. The molecule has 0 aliphatic heterocycles. The predicted molar refractivity (Wildman–Crippen MR) is 85.8 cm³/mol. The Labute approximate surface area is 126 Å². The maximum absolute atomic E-state index is 4.70. The molecule has 2 heterocycles. The van der Waals surface area contributed by atoms with Crippen molar-refractivity contribution in [1.82, 2.24) is 9.97 Å². The Bertz CT molecular complexity index is 728. The van der Waals surface area contributed by atoms with Gasteiger partial charge in [-0.2, -0.15) is 0 Å². The number of benzene rings is 1. The molecule has 0 saturated carbocycles. The summed E-state index contributed by atoms with van der Waals surface area (Å²) < 4.78 is 1.04. The average molecular weight is 328 g/mol. The van der Waals surface area contributed by atoms with Gasteiger partial charge < -0.3 is 4.90 Å². The number of aromatic nitrogens is 2. The summed E-state index contributed by atoms with van der Waals surface area (Å²) in [5.41, 5.74) is 2.02. The van der Waals surface area contributed by atoms with Gasteiger partial charge in [0.05, 0.1) is 17.8 Å². The molecule has 4 heteroatoms. The highest BCUT2D eigenvalue weighted by atomic mass is 79.9. The highest BCUT2D eigenvalue weighted by Crippen LogP contribution is 2.21. The number of nitrogens with zero attached hydrogens (tertiary/aromatic N) is 3. The van der Waals surface area contributed by atoms with E-state index in [0.29, 0.717) is 0 Å². The van der Waals surface area contributed by atoms with Crippen molar-refractivity contribution in [3.05, 3.63) is 64.9 Å². The summed E-state index contributed by atoms with van der Waals surface area (Å²) in [6.45, 7) is 0.743. The van der Waals surface area contributed by atoms with Crippen LogP contribution < -0.4 is 4.90 Å². The molecule has 0 saturated heterocycles. The van der Waals surface area contributed by atoms with Crippen LogP contribution in [0.4, 0.5) is 5.82 Å². The van der Waals surface area contributed by atoms with E-state index in [0.717, 1.165) is 33.4 Å². The Morgan fingerprint density at radius 2 is 1.95 bits per heavy atom. The zero-order chi connectivity index (χ0) is 13.9. The third-order valence-electron chi connectivity index (χ3n) is 3.16. The maximum atomic E-state index is 4.70. The zero-order valence-corrected chi connectivity index (χ0v) is 12.7. The van der Waals surface area contributed by atoms with Crippen LogP contribution in [0.5, 0.6) is 0 Å². The Hall–Kier alpha value is -1.94. The summed E-state index contributed by atoms with van der Waals surface area (Å²) in [6.07, 6.45) is 1.81. The molecule has 1 aromatic carbocycles. The summed E-state index contributed by atoms with van der Waals surface area (Å²) in [5, 5.41) is 1.14. The second kappa shape index (κ2) is 5.59. The molecule has 0 unspecified atom stereocenters. The number of halogens is 1. The Balaban J connectivity index is 1.89. The van der Waals surface area contributed by atoms with Crippen molar-refractivity contribution in [3.63, 3.8) is 0 Å². The van der Waals surface area contributed by atoms with Crippen LogP contribution in [0.15, 0.2) is 59.2 Å². The van der Waals surface area contributed by atoms with Crippen molar-refractivity contribution in [3.8, 4) is 0 Å². The summed E-state index contributed by atoms with van der Waals surface area (Å²) in [7, 11) is 2.03. The minimum Gasteiger partial charge on any atom is -0.354 e. The lowest BCUT2D eigenvalue weighted by molar-refractivity contribution is 0.869. The van der Waals surface area contributed by atoms with Gasteiger partial charge in [-0.15, -0.1) is 0 Å². The number of hydrogen-bond acceptors (Lipinski definition) is 3. The van der Waals surface area contributed by atoms with Crippen LogP contribution in [0.25, 0.3) is 10.9 Å². The molecular weight excluding hydrogens is 314 g/mol. The number of pyridine rings is 2. The van der Waals surface area contributed by atoms with Gasteiger partial charge in [0.15, 0.2) is 0 Å². The van der Waals surface area contributed by atoms with Gasteiger partial charge in [-0.3, -0.25) is 4.98 Å². The molecule has 3 nitrogen and oxygen atoms in total. The molecule has 3 rings (SSSR count). The Kier molecular flexibility index (Phi) is 3.65. The molecule has 0 radical (unpaired) electrons. The first kappa shape index (κ1) is 13.1. The van der Waals surface area contributed by atoms with Crippen molar-refractivity contribution in [1.29, 1.82) is 0 Å². The molecule has 0 atom stereocenters. The Morgan fingerprint density at radius 3 is 2.75 bits per heavy atom. The molecule has 0 aliphatic carbocycles. The van der Waals surface area contributed by atoms with Crippen molar-refractivity contribution in [2.24, 2.45) is 0 Å². The van der Waals surface area contributed by atoms with Crippen LogP contribution in [-0.2, 0) is 6.54 Å². The van der Waals surface area contributed by atoms with Crippen LogP contribution in [0.3, 0.4) is 0 Å². The van der Waals surface area contributed by atoms with Gasteiger partial charge in [0.25, 0.3) is 0 Å². The second-order valence-corrected chi connectivity index (χ2v) is 5.60. The lowest BCUT2D eigenvalue weighted by Crippen LogP contribution is -2.18. The standard InChI is InChI=1S/C16H14BrN3/c1-20(11-14-4-2-3-9-18-14)16-8-6-12-5-7-13(17)10-15(12)19-16/h2-10H,11H2,1H3. The topological polar surface area (TPSA) is 29.0 Å². The quantitative estimate of drug-likeness (QED) is 0.727. The van der Waals surface area contributed by atoms with E-state index in [1.807, 2.05) is 49.6 Å². The van der Waals surface area contributed by atoms with Gasteiger partial charge in [-0.05, 0) is 36.4 Å². The van der Waals surface area contributed by atoms with Crippen LogP contribution in [0.1, 0.15) is 5.69 Å². The summed E-state index contributed by atoms with van der Waals surface area (Å²) >= 11 is 3.48. The Morgan fingerprint density at radius 1 is 1.10 bits per heavy atom. The van der Waals surface area contributed by atoms with Gasteiger partial charge >= 0.3 is 0 Å². The largest absolute Gasteiger partial charge is 0.354 e. The zero-order valence-electron chi connectivity index (χ0n) is 11.1. The highest BCUT2D eigenvalue weighted by Gasteiger charge is 2.05. The molecule has 0 amide bonds. The fourth-order valence-electron chi connectivity index (χ4n) is 2.11. The van der Waals surface area contributed by atoms with Crippen LogP contribution in [-0.4, -0.2) is 17.0 Å². The fourth-order valence-corrected chi connectivity index (χ4v) is 2.46. The van der Waals surface area contributed by atoms with E-state index in [-0.39, 0.29) is 0 Å². The minimum atomic E-state index is 0.743. The number of anilines is 1. The molecule has 0 spiro atoms.